The Balaban J connectivity index is 2.20. The van der Waals surface area contributed by atoms with Crippen molar-refractivity contribution in [2.75, 3.05) is 7.11 Å². The van der Waals surface area contributed by atoms with E-state index in [4.69, 9.17) is 10.5 Å². The van der Waals surface area contributed by atoms with Crippen LogP contribution in [-0.2, 0) is 6.42 Å². The van der Waals surface area contributed by atoms with E-state index in [1.807, 2.05) is 6.07 Å². The molecule has 1 aromatic rings. The summed E-state index contributed by atoms with van der Waals surface area (Å²) in [7, 11) is 1.49. The summed E-state index contributed by atoms with van der Waals surface area (Å²) in [6.45, 7) is 4.45. The van der Waals surface area contributed by atoms with Gasteiger partial charge in [-0.25, -0.2) is 4.39 Å². The van der Waals surface area contributed by atoms with E-state index in [1.54, 1.807) is 12.1 Å². The van der Waals surface area contributed by atoms with Gasteiger partial charge in [0.25, 0.3) is 0 Å². The number of ether oxygens (including phenoxy) is 1. The summed E-state index contributed by atoms with van der Waals surface area (Å²) in [6, 6.07) is 5.26. The van der Waals surface area contributed by atoms with E-state index in [-0.39, 0.29) is 16.8 Å². The topological polar surface area (TPSA) is 35.2 Å². The molecule has 2 rings (SSSR count). The van der Waals surface area contributed by atoms with Gasteiger partial charge >= 0.3 is 0 Å². The molecular weight excluding hydrogens is 229 g/mol. The van der Waals surface area contributed by atoms with Crippen LogP contribution in [0.1, 0.15) is 38.7 Å². The van der Waals surface area contributed by atoms with Crippen molar-refractivity contribution < 1.29 is 9.13 Å². The first-order chi connectivity index (χ1) is 8.35. The Labute approximate surface area is 108 Å². The van der Waals surface area contributed by atoms with Crippen LogP contribution in [0.5, 0.6) is 5.75 Å². The molecule has 2 N–H and O–H groups in total. The summed E-state index contributed by atoms with van der Waals surface area (Å²) < 4.78 is 19.1. The highest BCUT2D eigenvalue weighted by Crippen LogP contribution is 2.44. The molecule has 18 heavy (non-hydrogen) atoms. The van der Waals surface area contributed by atoms with Gasteiger partial charge in [0.1, 0.15) is 0 Å². The van der Waals surface area contributed by atoms with Gasteiger partial charge in [0, 0.05) is 5.54 Å². The Morgan fingerprint density at radius 3 is 2.61 bits per heavy atom. The van der Waals surface area contributed by atoms with Crippen molar-refractivity contribution in [2.45, 2.75) is 45.1 Å². The highest BCUT2D eigenvalue weighted by atomic mass is 19.1. The van der Waals surface area contributed by atoms with Crippen molar-refractivity contribution in [3.8, 4) is 5.75 Å². The Kier molecular flexibility index (Phi) is 3.37. The third kappa shape index (κ3) is 2.66. The van der Waals surface area contributed by atoms with Gasteiger partial charge in [0.05, 0.1) is 7.11 Å². The Bertz CT molecular complexity index is 444. The molecule has 0 radical (unpaired) electrons. The van der Waals surface area contributed by atoms with Gasteiger partial charge in [-0.3, -0.25) is 0 Å². The second-order valence-corrected chi connectivity index (χ2v) is 6.31. The normalized spacial score (nSPS) is 26.3. The van der Waals surface area contributed by atoms with Crippen LogP contribution in [0.3, 0.4) is 0 Å². The molecule has 3 heteroatoms. The van der Waals surface area contributed by atoms with E-state index in [9.17, 15) is 4.39 Å². The number of hydrogen-bond acceptors (Lipinski definition) is 2. The number of rotatable bonds is 3. The maximum atomic E-state index is 14.1. The lowest BCUT2D eigenvalue weighted by molar-refractivity contribution is 0.330. The fourth-order valence-electron chi connectivity index (χ4n) is 3.10. The van der Waals surface area contributed by atoms with Crippen LogP contribution >= 0.6 is 0 Å². The smallest absolute Gasteiger partial charge is 0.168 e. The van der Waals surface area contributed by atoms with Crippen LogP contribution in [0.2, 0.25) is 0 Å². The maximum absolute atomic E-state index is 14.1. The van der Waals surface area contributed by atoms with Crippen molar-refractivity contribution in [2.24, 2.45) is 11.1 Å². The fourth-order valence-corrected chi connectivity index (χ4v) is 3.10. The van der Waals surface area contributed by atoms with Crippen LogP contribution < -0.4 is 10.5 Å². The number of benzene rings is 1. The van der Waals surface area contributed by atoms with E-state index in [0.29, 0.717) is 17.7 Å². The minimum Gasteiger partial charge on any atom is -0.494 e. The molecule has 0 saturated heterocycles. The largest absolute Gasteiger partial charge is 0.494 e. The average molecular weight is 251 g/mol. The molecule has 1 atom stereocenters. The molecule has 2 nitrogen and oxygen atoms in total. The summed E-state index contributed by atoms with van der Waals surface area (Å²) >= 11 is 0. The van der Waals surface area contributed by atoms with Crippen molar-refractivity contribution in [1.82, 2.24) is 0 Å². The molecule has 1 aromatic carbocycles. The van der Waals surface area contributed by atoms with Crippen molar-refractivity contribution in [3.05, 3.63) is 29.6 Å². The van der Waals surface area contributed by atoms with Crippen LogP contribution in [0.15, 0.2) is 18.2 Å². The predicted molar refractivity (Wildman–Crippen MR) is 71.2 cm³/mol. The summed E-state index contributed by atoms with van der Waals surface area (Å²) in [5.74, 6) is 0.0305. The lowest BCUT2D eigenvalue weighted by Crippen LogP contribution is -2.40. The van der Waals surface area contributed by atoms with Gasteiger partial charge in [0.15, 0.2) is 11.6 Å². The highest BCUT2D eigenvalue weighted by Gasteiger charge is 2.40. The molecule has 0 bridgehead atoms. The van der Waals surface area contributed by atoms with Gasteiger partial charge < -0.3 is 10.5 Å². The predicted octanol–water partition coefficient (Wildman–Crippen LogP) is 3.28. The molecule has 0 amide bonds. The van der Waals surface area contributed by atoms with Crippen molar-refractivity contribution in [3.63, 3.8) is 0 Å². The molecule has 0 aliphatic heterocycles. The number of methoxy groups -OCH3 is 1. The highest BCUT2D eigenvalue weighted by molar-refractivity contribution is 5.32. The van der Waals surface area contributed by atoms with Gasteiger partial charge in [0.2, 0.25) is 0 Å². The summed E-state index contributed by atoms with van der Waals surface area (Å²) in [6.07, 6.45) is 3.59. The standard InChI is InChI=1S/C15H22FNO/c1-14(2)7-8-15(17,10-14)9-11-5-4-6-12(18-3)13(11)16/h4-6H,7-10,17H2,1-3H3. The average Bonchev–Trinajstić information content (AvgIpc) is 2.56. The van der Waals surface area contributed by atoms with E-state index in [1.165, 1.54) is 7.11 Å². The van der Waals surface area contributed by atoms with Gasteiger partial charge in [-0.1, -0.05) is 26.0 Å². The molecule has 100 valence electrons. The maximum Gasteiger partial charge on any atom is 0.168 e. The second kappa shape index (κ2) is 4.54. The Morgan fingerprint density at radius 1 is 1.33 bits per heavy atom. The quantitative estimate of drug-likeness (QED) is 0.894. The van der Waals surface area contributed by atoms with Crippen LogP contribution in [0.25, 0.3) is 0 Å². The van der Waals surface area contributed by atoms with Crippen LogP contribution in [-0.4, -0.2) is 12.6 Å². The SMILES string of the molecule is COc1cccc(CC2(N)CCC(C)(C)C2)c1F. The summed E-state index contributed by atoms with van der Waals surface area (Å²) in [4.78, 5) is 0. The van der Waals surface area contributed by atoms with E-state index >= 15 is 0 Å². The van der Waals surface area contributed by atoms with Crippen molar-refractivity contribution >= 4 is 0 Å². The second-order valence-electron chi connectivity index (χ2n) is 6.31. The Hall–Kier alpha value is -1.09. The molecule has 1 fully saturated rings. The molecule has 0 spiro atoms. The van der Waals surface area contributed by atoms with E-state index in [2.05, 4.69) is 13.8 Å². The monoisotopic (exact) mass is 251 g/mol. The van der Waals surface area contributed by atoms with E-state index in [0.717, 1.165) is 19.3 Å². The molecular formula is C15H22FNO. The first-order valence-electron chi connectivity index (χ1n) is 6.46. The third-order valence-electron chi connectivity index (χ3n) is 3.94. The lowest BCUT2D eigenvalue weighted by atomic mass is 9.84. The van der Waals surface area contributed by atoms with Crippen molar-refractivity contribution in [1.29, 1.82) is 0 Å². The van der Waals surface area contributed by atoms with Gasteiger partial charge in [-0.05, 0) is 42.7 Å². The number of halogens is 1. The minimum absolute atomic E-state index is 0.268. The first kappa shape index (κ1) is 13.3. The summed E-state index contributed by atoms with van der Waals surface area (Å²) in [5, 5.41) is 0. The molecule has 1 unspecified atom stereocenters. The molecule has 0 heterocycles. The molecule has 0 aromatic heterocycles. The third-order valence-corrected chi connectivity index (χ3v) is 3.94. The zero-order chi connectivity index (χ0) is 13.4. The molecule has 1 saturated carbocycles. The zero-order valence-corrected chi connectivity index (χ0v) is 11.4. The zero-order valence-electron chi connectivity index (χ0n) is 11.4. The van der Waals surface area contributed by atoms with Gasteiger partial charge in [-0.2, -0.15) is 0 Å². The minimum atomic E-state index is -0.281. The Morgan fingerprint density at radius 2 is 2.06 bits per heavy atom. The lowest BCUT2D eigenvalue weighted by Gasteiger charge is -2.27. The first-order valence-corrected chi connectivity index (χ1v) is 6.46. The fraction of sp³-hybridized carbons (Fsp3) is 0.600. The van der Waals surface area contributed by atoms with E-state index < -0.39 is 0 Å². The van der Waals surface area contributed by atoms with Gasteiger partial charge in [-0.15, -0.1) is 0 Å². The van der Waals surface area contributed by atoms with Crippen LogP contribution in [0, 0.1) is 11.2 Å². The summed E-state index contributed by atoms with van der Waals surface area (Å²) in [5.41, 5.74) is 7.07. The number of hydrogen-bond donors (Lipinski definition) is 1. The number of nitrogens with two attached hydrogens (primary N) is 1. The molecule has 1 aliphatic carbocycles. The molecule has 1 aliphatic rings. The van der Waals surface area contributed by atoms with Crippen LogP contribution in [0.4, 0.5) is 4.39 Å².